The topological polar surface area (TPSA) is 109 Å². The first kappa shape index (κ1) is 27.9. The Morgan fingerprint density at radius 3 is 2.77 bits per heavy atom. The lowest BCUT2D eigenvalue weighted by atomic mass is 10.1. The fraction of sp³-hybridized carbons (Fsp3) is 0.533. The van der Waals surface area contributed by atoms with Crippen LogP contribution in [0.25, 0.3) is 0 Å². The van der Waals surface area contributed by atoms with Crippen LogP contribution in [0, 0.1) is 11.3 Å². The van der Waals surface area contributed by atoms with Gasteiger partial charge in [0.15, 0.2) is 0 Å². The maximum Gasteiger partial charge on any atom is 0.318 e. The van der Waals surface area contributed by atoms with Crippen LogP contribution < -0.4 is 14.5 Å². The number of piperazine rings is 1. The van der Waals surface area contributed by atoms with E-state index in [-0.39, 0.29) is 25.0 Å². The number of ether oxygens (including phenoxy) is 1. The SMILES string of the molecule is C=CC(=O)N1CCN(c2nc(OC[C@@H]3CCCN3C)nc3c2CCCN(c2ccccc2CO)C3)C[C@@H]1CC#N. The second-order valence-corrected chi connectivity index (χ2v) is 10.9. The predicted molar refractivity (Wildman–Crippen MR) is 153 cm³/mol. The Bertz CT molecular complexity index is 1260. The molecule has 1 aromatic carbocycles. The zero-order chi connectivity index (χ0) is 28.1. The summed E-state index contributed by atoms with van der Waals surface area (Å²) in [5, 5.41) is 19.5. The summed E-state index contributed by atoms with van der Waals surface area (Å²) in [6.45, 7) is 8.24. The minimum atomic E-state index is -0.245. The number of nitriles is 1. The van der Waals surface area contributed by atoms with Crippen LogP contribution in [0.15, 0.2) is 36.9 Å². The number of fused-ring (bicyclic) bond motifs is 1. The highest BCUT2D eigenvalue weighted by Crippen LogP contribution is 2.33. The molecule has 3 aliphatic heterocycles. The number of rotatable bonds is 8. The van der Waals surface area contributed by atoms with E-state index in [1.165, 1.54) is 6.08 Å². The summed E-state index contributed by atoms with van der Waals surface area (Å²) in [4.78, 5) is 30.9. The molecule has 5 rings (SSSR count). The zero-order valence-electron chi connectivity index (χ0n) is 23.3. The first-order valence-corrected chi connectivity index (χ1v) is 14.2. The van der Waals surface area contributed by atoms with Gasteiger partial charge in [0.25, 0.3) is 0 Å². The molecule has 212 valence electrons. The highest BCUT2D eigenvalue weighted by molar-refractivity contribution is 5.87. The molecule has 10 nitrogen and oxygen atoms in total. The van der Waals surface area contributed by atoms with Crippen molar-refractivity contribution in [3.05, 3.63) is 53.7 Å². The summed E-state index contributed by atoms with van der Waals surface area (Å²) in [6, 6.07) is 10.7. The Hall–Kier alpha value is -3.68. The van der Waals surface area contributed by atoms with Gasteiger partial charge in [-0.05, 0) is 51.4 Å². The van der Waals surface area contributed by atoms with Crippen LogP contribution in [-0.2, 0) is 24.4 Å². The van der Waals surface area contributed by atoms with Crippen LogP contribution >= 0.6 is 0 Å². The van der Waals surface area contributed by atoms with E-state index in [1.54, 1.807) is 4.90 Å². The van der Waals surface area contributed by atoms with E-state index in [2.05, 4.69) is 34.4 Å². The number of amides is 1. The van der Waals surface area contributed by atoms with Gasteiger partial charge in [0.05, 0.1) is 37.4 Å². The van der Waals surface area contributed by atoms with Crippen LogP contribution in [0.2, 0.25) is 0 Å². The number of aliphatic hydroxyl groups is 1. The fourth-order valence-electron chi connectivity index (χ4n) is 6.17. The fourth-order valence-corrected chi connectivity index (χ4v) is 6.17. The van der Waals surface area contributed by atoms with E-state index in [4.69, 9.17) is 14.7 Å². The molecule has 2 aromatic rings. The van der Waals surface area contributed by atoms with E-state index in [1.807, 2.05) is 24.3 Å². The number of hydrogen-bond acceptors (Lipinski definition) is 9. The normalized spacial score (nSPS) is 21.5. The number of para-hydroxylation sites is 1. The van der Waals surface area contributed by atoms with Crippen LogP contribution in [0.3, 0.4) is 0 Å². The van der Waals surface area contributed by atoms with Crippen molar-refractivity contribution >= 4 is 17.4 Å². The van der Waals surface area contributed by atoms with Crippen LogP contribution in [0.4, 0.5) is 11.5 Å². The lowest BCUT2D eigenvalue weighted by molar-refractivity contribution is -0.128. The number of likely N-dealkylation sites (N-methyl/N-ethyl adjacent to an activating group) is 1. The molecule has 0 saturated carbocycles. The summed E-state index contributed by atoms with van der Waals surface area (Å²) in [5.41, 5.74) is 3.92. The molecule has 0 radical (unpaired) electrons. The van der Waals surface area contributed by atoms with Crippen LogP contribution in [-0.4, -0.2) is 89.2 Å². The van der Waals surface area contributed by atoms with Crippen molar-refractivity contribution in [1.29, 1.82) is 5.26 Å². The van der Waals surface area contributed by atoms with Crippen molar-refractivity contribution in [3.8, 4) is 12.1 Å². The van der Waals surface area contributed by atoms with Gasteiger partial charge in [0, 0.05) is 49.0 Å². The number of nitrogens with zero attached hydrogens (tertiary/aromatic N) is 7. The average molecular weight is 546 g/mol. The van der Waals surface area contributed by atoms with Gasteiger partial charge >= 0.3 is 6.01 Å². The Balaban J connectivity index is 1.48. The number of benzene rings is 1. The first-order chi connectivity index (χ1) is 19.5. The molecule has 0 unspecified atom stereocenters. The third-order valence-corrected chi connectivity index (χ3v) is 8.39. The maximum absolute atomic E-state index is 12.5. The van der Waals surface area contributed by atoms with Crippen molar-refractivity contribution in [2.45, 2.75) is 57.3 Å². The summed E-state index contributed by atoms with van der Waals surface area (Å²) in [5.74, 6) is 0.690. The number of hydrogen-bond donors (Lipinski definition) is 1. The van der Waals surface area contributed by atoms with Gasteiger partial charge < -0.3 is 29.4 Å². The number of aromatic nitrogens is 2. The number of likely N-dealkylation sites (tertiary alicyclic amines) is 1. The molecule has 10 heteroatoms. The number of aliphatic hydroxyl groups excluding tert-OH is 1. The number of carbonyl (C=O) groups is 1. The molecule has 2 saturated heterocycles. The minimum Gasteiger partial charge on any atom is -0.462 e. The smallest absolute Gasteiger partial charge is 0.318 e. The van der Waals surface area contributed by atoms with Gasteiger partial charge in [-0.15, -0.1) is 0 Å². The molecular weight excluding hydrogens is 506 g/mol. The maximum atomic E-state index is 12.5. The quantitative estimate of drug-likeness (QED) is 0.501. The third-order valence-electron chi connectivity index (χ3n) is 8.39. The van der Waals surface area contributed by atoms with Gasteiger partial charge in [-0.2, -0.15) is 15.2 Å². The predicted octanol–water partition coefficient (Wildman–Crippen LogP) is 2.51. The van der Waals surface area contributed by atoms with Crippen molar-refractivity contribution in [2.75, 3.05) is 56.2 Å². The molecule has 40 heavy (non-hydrogen) atoms. The molecular formula is C30H39N7O3. The summed E-state index contributed by atoms with van der Waals surface area (Å²) < 4.78 is 6.26. The second kappa shape index (κ2) is 12.7. The minimum absolute atomic E-state index is 0.0220. The largest absolute Gasteiger partial charge is 0.462 e. The van der Waals surface area contributed by atoms with Gasteiger partial charge in [0.1, 0.15) is 12.4 Å². The van der Waals surface area contributed by atoms with Crippen molar-refractivity contribution in [2.24, 2.45) is 0 Å². The molecule has 2 fully saturated rings. The first-order valence-electron chi connectivity index (χ1n) is 14.2. The van der Waals surface area contributed by atoms with Crippen LogP contribution in [0.5, 0.6) is 6.01 Å². The van der Waals surface area contributed by atoms with Gasteiger partial charge in [-0.1, -0.05) is 24.8 Å². The molecule has 0 spiro atoms. The zero-order valence-corrected chi connectivity index (χ0v) is 23.3. The summed E-state index contributed by atoms with van der Waals surface area (Å²) in [7, 11) is 2.13. The van der Waals surface area contributed by atoms with E-state index < -0.39 is 0 Å². The third kappa shape index (κ3) is 5.91. The monoisotopic (exact) mass is 545 g/mol. The number of carbonyl (C=O) groups excluding carboxylic acids is 1. The second-order valence-electron chi connectivity index (χ2n) is 10.9. The number of anilines is 2. The van der Waals surface area contributed by atoms with Crippen molar-refractivity contribution in [3.63, 3.8) is 0 Å². The molecule has 1 aromatic heterocycles. The summed E-state index contributed by atoms with van der Waals surface area (Å²) in [6.07, 6.45) is 5.53. The lowest BCUT2D eigenvalue weighted by Gasteiger charge is -2.41. The molecule has 0 bridgehead atoms. The van der Waals surface area contributed by atoms with E-state index in [9.17, 15) is 15.2 Å². The van der Waals surface area contributed by atoms with Gasteiger partial charge in [-0.3, -0.25) is 4.79 Å². The molecule has 1 amide bonds. The van der Waals surface area contributed by atoms with E-state index >= 15 is 0 Å². The lowest BCUT2D eigenvalue weighted by Crippen LogP contribution is -2.55. The Morgan fingerprint density at radius 1 is 1.18 bits per heavy atom. The van der Waals surface area contributed by atoms with E-state index in [0.717, 1.165) is 67.1 Å². The Kier molecular flexibility index (Phi) is 8.82. The Labute approximate surface area is 236 Å². The van der Waals surface area contributed by atoms with E-state index in [0.29, 0.717) is 44.8 Å². The standard InChI is InChI=1S/C30H39N7O3/c1-3-28(39)37-17-16-36(18-23(37)12-13-31)29-25-10-7-15-35(27-11-5-4-8-22(27)20-38)19-26(25)32-30(33-29)40-21-24-9-6-14-34(24)2/h3-5,8,11,23-24,38H,1,6-7,9-10,12,14-21H2,2H3/t23-,24-/m0/s1. The molecule has 4 heterocycles. The van der Waals surface area contributed by atoms with Crippen molar-refractivity contribution in [1.82, 2.24) is 19.8 Å². The average Bonchev–Trinajstić information content (AvgIpc) is 3.27. The highest BCUT2D eigenvalue weighted by Gasteiger charge is 2.33. The molecule has 1 N–H and O–H groups in total. The molecule has 3 aliphatic rings. The van der Waals surface area contributed by atoms with Crippen molar-refractivity contribution < 1.29 is 14.6 Å². The highest BCUT2D eigenvalue weighted by atomic mass is 16.5. The molecule has 2 atom stereocenters. The van der Waals surface area contributed by atoms with Gasteiger partial charge in [-0.25, -0.2) is 0 Å². The Morgan fingerprint density at radius 2 is 2.02 bits per heavy atom. The molecule has 0 aliphatic carbocycles. The van der Waals surface area contributed by atoms with Crippen LogP contribution in [0.1, 0.15) is 42.5 Å². The van der Waals surface area contributed by atoms with Gasteiger partial charge in [0.2, 0.25) is 5.91 Å². The summed E-state index contributed by atoms with van der Waals surface area (Å²) >= 11 is 0.